The summed E-state index contributed by atoms with van der Waals surface area (Å²) in [6, 6.07) is 61.4. The number of hydrogen-bond acceptors (Lipinski definition) is 1. The molecule has 1 heteroatoms. The standard InChI is InChI=1S/C45H29N/c1-3-10-30(11-4-1)32-17-19-36-28-38(23-21-34(36)26-32)43-40-14-7-8-15-41(40)44(45-42(43)16-9-25-46-45)39-24-22-35-27-33(18-20-37(35)29-39)31-12-5-2-6-13-31/h1-29H. The number of pyridine rings is 1. The molecule has 0 aliphatic carbocycles. The molecule has 1 aromatic heterocycles. The third-order valence-electron chi connectivity index (χ3n) is 9.25. The van der Waals surface area contributed by atoms with Gasteiger partial charge in [-0.2, -0.15) is 0 Å². The first-order valence-electron chi connectivity index (χ1n) is 15.8. The van der Waals surface area contributed by atoms with Gasteiger partial charge in [-0.25, -0.2) is 0 Å². The molecule has 214 valence electrons. The highest BCUT2D eigenvalue weighted by Gasteiger charge is 2.18. The van der Waals surface area contributed by atoms with Crippen LogP contribution in [0, 0.1) is 0 Å². The van der Waals surface area contributed by atoms with E-state index in [0.29, 0.717) is 0 Å². The van der Waals surface area contributed by atoms with Crippen LogP contribution in [0.1, 0.15) is 0 Å². The van der Waals surface area contributed by atoms with Crippen molar-refractivity contribution in [2.75, 3.05) is 0 Å². The van der Waals surface area contributed by atoms with Crippen molar-refractivity contribution in [1.82, 2.24) is 4.98 Å². The Kier molecular flexibility index (Phi) is 6.21. The fourth-order valence-corrected chi connectivity index (χ4v) is 7.02. The van der Waals surface area contributed by atoms with Gasteiger partial charge in [-0.3, -0.25) is 4.98 Å². The highest BCUT2D eigenvalue weighted by atomic mass is 14.7. The van der Waals surface area contributed by atoms with E-state index in [1.807, 2.05) is 6.20 Å². The SMILES string of the molecule is c1ccc(-c2ccc3cc(-c4c5ccccc5c(-c5ccc6cc(-c7ccccc7)ccc6c5)c5ncccc45)ccc3c2)cc1. The quantitative estimate of drug-likeness (QED) is 0.188. The fourth-order valence-electron chi connectivity index (χ4n) is 7.02. The van der Waals surface area contributed by atoms with Gasteiger partial charge in [0, 0.05) is 17.1 Å². The molecule has 0 aliphatic heterocycles. The van der Waals surface area contributed by atoms with Crippen molar-refractivity contribution in [2.45, 2.75) is 0 Å². The Hall–Kier alpha value is -6.05. The molecule has 9 rings (SSSR count). The van der Waals surface area contributed by atoms with Crippen molar-refractivity contribution in [3.05, 3.63) is 176 Å². The molecule has 0 N–H and O–H groups in total. The van der Waals surface area contributed by atoms with Crippen LogP contribution in [0.15, 0.2) is 176 Å². The highest BCUT2D eigenvalue weighted by molar-refractivity contribution is 6.21. The molecule has 0 saturated heterocycles. The second-order valence-corrected chi connectivity index (χ2v) is 12.0. The van der Waals surface area contributed by atoms with Crippen LogP contribution >= 0.6 is 0 Å². The monoisotopic (exact) mass is 583 g/mol. The molecule has 0 fully saturated rings. The van der Waals surface area contributed by atoms with Crippen molar-refractivity contribution >= 4 is 43.2 Å². The number of fused-ring (bicyclic) bond motifs is 4. The van der Waals surface area contributed by atoms with Gasteiger partial charge >= 0.3 is 0 Å². The first-order chi connectivity index (χ1) is 22.8. The van der Waals surface area contributed by atoms with E-state index in [1.54, 1.807) is 0 Å². The van der Waals surface area contributed by atoms with Crippen molar-refractivity contribution in [1.29, 1.82) is 0 Å². The molecule has 0 bridgehead atoms. The topological polar surface area (TPSA) is 12.9 Å². The van der Waals surface area contributed by atoms with Crippen LogP contribution in [0.4, 0.5) is 0 Å². The van der Waals surface area contributed by atoms with Gasteiger partial charge in [0.25, 0.3) is 0 Å². The lowest BCUT2D eigenvalue weighted by molar-refractivity contribution is 1.42. The van der Waals surface area contributed by atoms with E-state index in [2.05, 4.69) is 170 Å². The molecule has 0 atom stereocenters. The van der Waals surface area contributed by atoms with Gasteiger partial charge in [0.1, 0.15) is 0 Å². The lowest BCUT2D eigenvalue weighted by Gasteiger charge is -2.17. The third kappa shape index (κ3) is 4.45. The maximum absolute atomic E-state index is 5.04. The van der Waals surface area contributed by atoms with E-state index >= 15 is 0 Å². The summed E-state index contributed by atoms with van der Waals surface area (Å²) in [6.45, 7) is 0. The zero-order chi connectivity index (χ0) is 30.5. The predicted octanol–water partition coefficient (Wildman–Crippen LogP) is 12.4. The Labute approximate surface area is 268 Å². The molecule has 9 aromatic rings. The normalized spacial score (nSPS) is 11.5. The van der Waals surface area contributed by atoms with Crippen molar-refractivity contribution < 1.29 is 0 Å². The molecule has 0 unspecified atom stereocenters. The van der Waals surface area contributed by atoms with Crippen LogP contribution in [0.25, 0.3) is 87.7 Å². The van der Waals surface area contributed by atoms with E-state index in [1.165, 1.54) is 76.8 Å². The number of nitrogens with zero attached hydrogens (tertiary/aromatic N) is 1. The van der Waals surface area contributed by atoms with Crippen LogP contribution in [-0.2, 0) is 0 Å². The molecule has 1 nitrogen and oxygen atoms in total. The molecule has 0 spiro atoms. The maximum Gasteiger partial charge on any atom is 0.0792 e. The summed E-state index contributed by atoms with van der Waals surface area (Å²) in [5, 5.41) is 8.53. The Morgan fingerprint density at radius 2 is 0.696 bits per heavy atom. The van der Waals surface area contributed by atoms with E-state index in [-0.39, 0.29) is 0 Å². The van der Waals surface area contributed by atoms with Crippen molar-refractivity contribution in [2.24, 2.45) is 0 Å². The molecule has 0 radical (unpaired) electrons. The van der Waals surface area contributed by atoms with E-state index < -0.39 is 0 Å². The van der Waals surface area contributed by atoms with Gasteiger partial charge in [0.2, 0.25) is 0 Å². The van der Waals surface area contributed by atoms with Gasteiger partial charge in [0.15, 0.2) is 0 Å². The van der Waals surface area contributed by atoms with E-state index in [4.69, 9.17) is 4.98 Å². The van der Waals surface area contributed by atoms with Crippen molar-refractivity contribution in [3.8, 4) is 44.5 Å². The second-order valence-electron chi connectivity index (χ2n) is 12.0. The number of hydrogen-bond donors (Lipinski definition) is 0. The van der Waals surface area contributed by atoms with E-state index in [0.717, 1.165) is 10.9 Å². The summed E-state index contributed by atoms with van der Waals surface area (Å²) < 4.78 is 0. The number of benzene rings is 8. The smallest absolute Gasteiger partial charge is 0.0792 e. The minimum atomic E-state index is 1.02. The molecular formula is C45H29N. The number of rotatable bonds is 4. The first kappa shape index (κ1) is 26.4. The van der Waals surface area contributed by atoms with Crippen LogP contribution < -0.4 is 0 Å². The van der Waals surface area contributed by atoms with Crippen LogP contribution in [0.5, 0.6) is 0 Å². The minimum absolute atomic E-state index is 1.02. The molecule has 1 heterocycles. The summed E-state index contributed by atoms with van der Waals surface area (Å²) in [7, 11) is 0. The Morgan fingerprint density at radius 3 is 1.24 bits per heavy atom. The maximum atomic E-state index is 5.04. The third-order valence-corrected chi connectivity index (χ3v) is 9.25. The van der Waals surface area contributed by atoms with Crippen molar-refractivity contribution in [3.63, 3.8) is 0 Å². The van der Waals surface area contributed by atoms with E-state index in [9.17, 15) is 0 Å². The Balaban J connectivity index is 1.22. The lowest BCUT2D eigenvalue weighted by Crippen LogP contribution is -1.93. The molecule has 0 amide bonds. The van der Waals surface area contributed by atoms with Gasteiger partial charge < -0.3 is 0 Å². The average Bonchev–Trinajstić information content (AvgIpc) is 3.13. The summed E-state index contributed by atoms with van der Waals surface area (Å²) in [6.07, 6.45) is 1.92. The fraction of sp³-hybridized carbons (Fsp3) is 0. The Morgan fingerprint density at radius 1 is 0.283 bits per heavy atom. The zero-order valence-electron chi connectivity index (χ0n) is 25.2. The highest BCUT2D eigenvalue weighted by Crippen LogP contribution is 2.44. The lowest BCUT2D eigenvalue weighted by atomic mass is 9.87. The van der Waals surface area contributed by atoms with Gasteiger partial charge in [0.05, 0.1) is 5.52 Å². The average molecular weight is 584 g/mol. The van der Waals surface area contributed by atoms with Gasteiger partial charge in [-0.15, -0.1) is 0 Å². The number of aromatic nitrogens is 1. The van der Waals surface area contributed by atoms with Gasteiger partial charge in [-0.1, -0.05) is 140 Å². The Bertz CT molecular complexity index is 2330. The van der Waals surface area contributed by atoms with Crippen LogP contribution in [0.3, 0.4) is 0 Å². The summed E-state index contributed by atoms with van der Waals surface area (Å²) in [5.74, 6) is 0. The molecular weight excluding hydrogens is 555 g/mol. The zero-order valence-corrected chi connectivity index (χ0v) is 25.2. The predicted molar refractivity (Wildman–Crippen MR) is 196 cm³/mol. The summed E-state index contributed by atoms with van der Waals surface area (Å²) in [5.41, 5.74) is 10.7. The summed E-state index contributed by atoms with van der Waals surface area (Å²) >= 11 is 0. The molecule has 8 aromatic carbocycles. The van der Waals surface area contributed by atoms with Crippen LogP contribution in [-0.4, -0.2) is 4.98 Å². The van der Waals surface area contributed by atoms with Crippen LogP contribution in [0.2, 0.25) is 0 Å². The molecule has 0 saturated carbocycles. The first-order valence-corrected chi connectivity index (χ1v) is 15.8. The second kappa shape index (κ2) is 10.8. The molecule has 46 heavy (non-hydrogen) atoms. The largest absolute Gasteiger partial charge is 0.256 e. The molecule has 0 aliphatic rings. The minimum Gasteiger partial charge on any atom is -0.256 e. The van der Waals surface area contributed by atoms with Gasteiger partial charge in [-0.05, 0) is 102 Å². The summed E-state index contributed by atoms with van der Waals surface area (Å²) in [4.78, 5) is 5.04.